The first-order valence-corrected chi connectivity index (χ1v) is 6.65. The first kappa shape index (κ1) is 17.0. The molecule has 3 rings (SSSR count). The maximum absolute atomic E-state index is 12.2. The molecular formula is C12H15Cl2N3O2S. The minimum Gasteiger partial charge on any atom is -0.472 e. The Bertz CT molecular complexity index is 559. The smallest absolute Gasteiger partial charge is 0.273 e. The number of likely N-dealkylation sites (tertiary alicyclic amines) is 1. The van der Waals surface area contributed by atoms with E-state index in [-0.39, 0.29) is 36.8 Å². The second-order valence-electron chi connectivity index (χ2n) is 4.35. The molecule has 5 nitrogen and oxygen atoms in total. The lowest BCUT2D eigenvalue weighted by atomic mass is 10.3. The molecule has 1 aliphatic heterocycles. The third kappa shape index (κ3) is 3.32. The maximum atomic E-state index is 12.2. The monoisotopic (exact) mass is 335 g/mol. The van der Waals surface area contributed by atoms with E-state index in [4.69, 9.17) is 10.2 Å². The molecule has 0 bridgehead atoms. The van der Waals surface area contributed by atoms with Gasteiger partial charge >= 0.3 is 0 Å². The highest BCUT2D eigenvalue weighted by atomic mass is 35.5. The quantitative estimate of drug-likeness (QED) is 0.914. The fraction of sp³-hybridized carbons (Fsp3) is 0.333. The molecule has 2 aromatic heterocycles. The van der Waals surface area contributed by atoms with Gasteiger partial charge in [0.25, 0.3) is 5.91 Å². The lowest BCUT2D eigenvalue weighted by Crippen LogP contribution is -2.32. The molecule has 0 saturated carbocycles. The number of thiazole rings is 1. The summed E-state index contributed by atoms with van der Waals surface area (Å²) < 4.78 is 5.01. The number of aromatic nitrogens is 1. The van der Waals surface area contributed by atoms with Crippen LogP contribution in [0.1, 0.15) is 16.9 Å². The Morgan fingerprint density at radius 2 is 2.30 bits per heavy atom. The Hall–Kier alpha value is -1.08. The molecule has 2 N–H and O–H groups in total. The SMILES string of the molecule is Cl.Cl.N[C@@H]1CCN(C(=O)c2csc(-c3ccoc3)n2)C1. The van der Waals surface area contributed by atoms with E-state index in [9.17, 15) is 4.79 Å². The molecule has 0 radical (unpaired) electrons. The molecule has 1 amide bonds. The fourth-order valence-electron chi connectivity index (χ4n) is 2.02. The average molecular weight is 336 g/mol. The number of carbonyl (C=O) groups excluding carboxylic acids is 1. The highest BCUT2D eigenvalue weighted by Crippen LogP contribution is 2.25. The Kier molecular flexibility index (Phi) is 6.01. The van der Waals surface area contributed by atoms with Crippen LogP contribution in [0.2, 0.25) is 0 Å². The van der Waals surface area contributed by atoms with Gasteiger partial charge in [0.15, 0.2) is 0 Å². The molecule has 3 heterocycles. The van der Waals surface area contributed by atoms with Gasteiger partial charge in [0.1, 0.15) is 17.0 Å². The van der Waals surface area contributed by atoms with Crippen molar-refractivity contribution in [1.82, 2.24) is 9.88 Å². The van der Waals surface area contributed by atoms with Gasteiger partial charge in [-0.15, -0.1) is 36.2 Å². The second kappa shape index (κ2) is 7.08. The van der Waals surface area contributed by atoms with Crippen molar-refractivity contribution in [2.24, 2.45) is 5.73 Å². The summed E-state index contributed by atoms with van der Waals surface area (Å²) in [6.07, 6.45) is 4.08. The summed E-state index contributed by atoms with van der Waals surface area (Å²) in [5.41, 5.74) is 7.19. The number of rotatable bonds is 2. The van der Waals surface area contributed by atoms with E-state index in [0.29, 0.717) is 12.2 Å². The van der Waals surface area contributed by atoms with Crippen molar-refractivity contribution in [3.8, 4) is 10.6 Å². The van der Waals surface area contributed by atoms with Gasteiger partial charge in [0.2, 0.25) is 0 Å². The topological polar surface area (TPSA) is 72.4 Å². The van der Waals surface area contributed by atoms with E-state index in [1.165, 1.54) is 11.3 Å². The van der Waals surface area contributed by atoms with Crippen molar-refractivity contribution >= 4 is 42.1 Å². The van der Waals surface area contributed by atoms with Crippen molar-refractivity contribution in [1.29, 1.82) is 0 Å². The van der Waals surface area contributed by atoms with E-state index < -0.39 is 0 Å². The molecule has 1 fully saturated rings. The third-order valence-corrected chi connectivity index (χ3v) is 3.89. The number of furan rings is 1. The van der Waals surface area contributed by atoms with Crippen LogP contribution in [0.5, 0.6) is 0 Å². The van der Waals surface area contributed by atoms with Crippen molar-refractivity contribution in [3.05, 3.63) is 29.7 Å². The summed E-state index contributed by atoms with van der Waals surface area (Å²) in [4.78, 5) is 18.3. The van der Waals surface area contributed by atoms with E-state index in [1.807, 2.05) is 6.07 Å². The standard InChI is InChI=1S/C12H13N3O2S.2ClH/c13-9-1-3-15(5-9)12(16)10-7-18-11(14-10)8-2-4-17-6-8;;/h2,4,6-7,9H,1,3,5,13H2;2*1H/t9-;;/m1../s1. The van der Waals surface area contributed by atoms with Gasteiger partial charge < -0.3 is 15.1 Å². The van der Waals surface area contributed by atoms with Crippen LogP contribution >= 0.6 is 36.2 Å². The number of hydrogen-bond donors (Lipinski definition) is 1. The summed E-state index contributed by atoms with van der Waals surface area (Å²) in [5.74, 6) is -0.0334. The lowest BCUT2D eigenvalue weighted by Gasteiger charge is -2.13. The van der Waals surface area contributed by atoms with Crippen LogP contribution in [0.15, 0.2) is 28.4 Å². The van der Waals surface area contributed by atoms with Crippen molar-refractivity contribution in [2.75, 3.05) is 13.1 Å². The van der Waals surface area contributed by atoms with Crippen LogP contribution < -0.4 is 5.73 Å². The van der Waals surface area contributed by atoms with Gasteiger partial charge in [0.05, 0.1) is 6.26 Å². The molecule has 20 heavy (non-hydrogen) atoms. The van der Waals surface area contributed by atoms with Crippen LogP contribution in [-0.4, -0.2) is 34.9 Å². The predicted octanol–water partition coefficient (Wildman–Crippen LogP) is 2.42. The van der Waals surface area contributed by atoms with Gasteiger partial charge in [-0.25, -0.2) is 4.98 Å². The van der Waals surface area contributed by atoms with Crippen LogP contribution in [0, 0.1) is 0 Å². The van der Waals surface area contributed by atoms with E-state index in [1.54, 1.807) is 22.8 Å². The summed E-state index contributed by atoms with van der Waals surface area (Å²) in [5, 5.41) is 2.59. The Morgan fingerprint density at radius 1 is 1.50 bits per heavy atom. The third-order valence-electron chi connectivity index (χ3n) is 3.00. The molecule has 110 valence electrons. The first-order chi connectivity index (χ1) is 8.74. The van der Waals surface area contributed by atoms with Gasteiger partial charge in [0, 0.05) is 30.1 Å². The molecule has 0 spiro atoms. The first-order valence-electron chi connectivity index (χ1n) is 5.77. The predicted molar refractivity (Wildman–Crippen MR) is 82.8 cm³/mol. The van der Waals surface area contributed by atoms with E-state index >= 15 is 0 Å². The molecule has 1 saturated heterocycles. The average Bonchev–Trinajstić information content (AvgIpc) is 3.09. The number of hydrogen-bond acceptors (Lipinski definition) is 5. The van der Waals surface area contributed by atoms with E-state index in [0.717, 1.165) is 23.5 Å². The van der Waals surface area contributed by atoms with Gasteiger partial charge in [-0.2, -0.15) is 0 Å². The lowest BCUT2D eigenvalue weighted by molar-refractivity contribution is 0.0786. The largest absolute Gasteiger partial charge is 0.472 e. The maximum Gasteiger partial charge on any atom is 0.273 e. The molecule has 1 aliphatic rings. The molecule has 2 aromatic rings. The summed E-state index contributed by atoms with van der Waals surface area (Å²) >= 11 is 1.45. The zero-order valence-corrected chi connectivity index (χ0v) is 13.0. The zero-order chi connectivity index (χ0) is 12.5. The number of nitrogens with two attached hydrogens (primary N) is 1. The normalized spacial score (nSPS) is 17.4. The van der Waals surface area contributed by atoms with Crippen LogP contribution in [0.4, 0.5) is 0 Å². The minimum atomic E-state index is -0.0334. The Labute approximate surface area is 133 Å². The minimum absolute atomic E-state index is 0. The van der Waals surface area contributed by atoms with Gasteiger partial charge in [-0.1, -0.05) is 0 Å². The number of carbonyl (C=O) groups is 1. The Balaban J connectivity index is 0.000001000. The van der Waals surface area contributed by atoms with Gasteiger partial charge in [-0.3, -0.25) is 4.79 Å². The molecule has 0 aliphatic carbocycles. The van der Waals surface area contributed by atoms with Crippen molar-refractivity contribution in [3.63, 3.8) is 0 Å². The molecule has 8 heteroatoms. The molecular weight excluding hydrogens is 321 g/mol. The van der Waals surface area contributed by atoms with Crippen molar-refractivity contribution in [2.45, 2.75) is 12.5 Å². The summed E-state index contributed by atoms with van der Waals surface area (Å²) in [6.45, 7) is 1.34. The number of nitrogens with zero attached hydrogens (tertiary/aromatic N) is 2. The zero-order valence-electron chi connectivity index (χ0n) is 10.5. The van der Waals surface area contributed by atoms with Crippen LogP contribution in [0.3, 0.4) is 0 Å². The highest BCUT2D eigenvalue weighted by molar-refractivity contribution is 7.13. The number of amides is 1. The van der Waals surface area contributed by atoms with Crippen LogP contribution in [-0.2, 0) is 0 Å². The van der Waals surface area contributed by atoms with E-state index in [2.05, 4.69) is 4.98 Å². The van der Waals surface area contributed by atoms with Crippen molar-refractivity contribution < 1.29 is 9.21 Å². The summed E-state index contributed by atoms with van der Waals surface area (Å²) in [7, 11) is 0. The Morgan fingerprint density at radius 3 is 2.90 bits per heavy atom. The molecule has 1 atom stereocenters. The highest BCUT2D eigenvalue weighted by Gasteiger charge is 2.26. The molecule has 0 aromatic carbocycles. The van der Waals surface area contributed by atoms with Crippen LogP contribution in [0.25, 0.3) is 10.6 Å². The fourth-order valence-corrected chi connectivity index (χ4v) is 2.80. The molecule has 0 unspecified atom stereocenters. The number of halogens is 2. The summed E-state index contributed by atoms with van der Waals surface area (Å²) in [6, 6.07) is 1.93. The second-order valence-corrected chi connectivity index (χ2v) is 5.21. The van der Waals surface area contributed by atoms with Gasteiger partial charge in [-0.05, 0) is 12.5 Å².